The molecule has 2 atom stereocenters. The number of rotatable bonds is 1. The molecule has 0 bridgehead atoms. The van der Waals surface area contributed by atoms with E-state index in [1.807, 2.05) is 18.2 Å². The minimum Gasteiger partial charge on any atom is -0.423 e. The summed E-state index contributed by atoms with van der Waals surface area (Å²) in [5.41, 5.74) is 1.33. The van der Waals surface area contributed by atoms with Crippen molar-refractivity contribution in [2.45, 2.75) is 25.2 Å². The fourth-order valence-corrected chi connectivity index (χ4v) is 2.97. The molecule has 92 valence electrons. The lowest BCUT2D eigenvalue weighted by atomic mass is 9.78. The van der Waals surface area contributed by atoms with Gasteiger partial charge in [-0.05, 0) is 18.9 Å². The summed E-state index contributed by atoms with van der Waals surface area (Å²) in [6.45, 7) is 3.83. The van der Waals surface area contributed by atoms with Gasteiger partial charge in [0.1, 0.15) is 11.5 Å². The molecule has 18 heavy (non-hydrogen) atoms. The predicted molar refractivity (Wildman–Crippen MR) is 66.3 cm³/mol. The summed E-state index contributed by atoms with van der Waals surface area (Å²) >= 11 is 0. The van der Waals surface area contributed by atoms with Crippen LogP contribution in [0.4, 0.5) is 0 Å². The molecule has 0 amide bonds. The van der Waals surface area contributed by atoms with Gasteiger partial charge in [-0.15, -0.1) is 0 Å². The number of hydrogen-bond acceptors (Lipinski definition) is 3. The first-order valence-corrected chi connectivity index (χ1v) is 6.21. The second-order valence-electron chi connectivity index (χ2n) is 4.90. The van der Waals surface area contributed by atoms with Gasteiger partial charge in [0.05, 0.1) is 0 Å². The van der Waals surface area contributed by atoms with Gasteiger partial charge in [-0.3, -0.25) is 4.79 Å². The first-order chi connectivity index (χ1) is 8.68. The molecule has 1 saturated carbocycles. The van der Waals surface area contributed by atoms with Gasteiger partial charge in [0, 0.05) is 29.4 Å². The molecule has 1 aromatic carbocycles. The molecule has 0 saturated heterocycles. The smallest absolute Gasteiger partial charge is 0.339 e. The van der Waals surface area contributed by atoms with Crippen LogP contribution in [-0.4, -0.2) is 11.8 Å². The molecule has 3 rings (SSSR count). The molecule has 0 unspecified atom stereocenters. The second-order valence-corrected chi connectivity index (χ2v) is 4.90. The number of benzene rings is 1. The molecule has 1 aliphatic carbocycles. The van der Waals surface area contributed by atoms with Crippen LogP contribution in [0.1, 0.15) is 30.7 Å². The van der Waals surface area contributed by atoms with E-state index in [1.165, 1.54) is 0 Å². The number of ketones is 1. The minimum atomic E-state index is -0.404. The average molecular weight is 242 g/mol. The molecule has 1 heterocycles. The number of Topliss-reactive ketones (excluding diaryl/α,β-unsaturated/α-hetero) is 1. The topological polar surface area (TPSA) is 43.4 Å². The largest absolute Gasteiger partial charge is 0.423 e. The number of carbonyl (C=O) groups is 2. The predicted octanol–water partition coefficient (Wildman–Crippen LogP) is 2.61. The Labute approximate surface area is 105 Å². The molecule has 0 aromatic heterocycles. The van der Waals surface area contributed by atoms with Crippen LogP contribution in [0.15, 0.2) is 36.4 Å². The number of para-hydroxylation sites is 1. The first-order valence-electron chi connectivity index (χ1n) is 6.21. The summed E-state index contributed by atoms with van der Waals surface area (Å²) < 4.78 is 5.22. The zero-order chi connectivity index (χ0) is 12.7. The van der Waals surface area contributed by atoms with Crippen LogP contribution in [0.2, 0.25) is 0 Å². The van der Waals surface area contributed by atoms with E-state index in [4.69, 9.17) is 4.74 Å². The van der Waals surface area contributed by atoms with Gasteiger partial charge >= 0.3 is 5.97 Å². The van der Waals surface area contributed by atoms with E-state index in [-0.39, 0.29) is 17.6 Å². The quantitative estimate of drug-likeness (QED) is 0.432. The first kappa shape index (κ1) is 11.2. The van der Waals surface area contributed by atoms with E-state index in [0.29, 0.717) is 17.7 Å². The van der Waals surface area contributed by atoms with Crippen LogP contribution in [0.5, 0.6) is 5.75 Å². The Bertz CT molecular complexity index is 544. The van der Waals surface area contributed by atoms with E-state index in [0.717, 1.165) is 18.4 Å². The third-order valence-corrected chi connectivity index (χ3v) is 3.85. The molecule has 1 aromatic rings. The van der Waals surface area contributed by atoms with Crippen LogP contribution in [0.3, 0.4) is 0 Å². The number of ether oxygens (including phenoxy) is 1. The summed E-state index contributed by atoms with van der Waals surface area (Å²) in [5.74, 6) is 0.104. The molecule has 0 radical (unpaired) electrons. The normalized spacial score (nSPS) is 27.0. The lowest BCUT2D eigenvalue weighted by molar-refractivity contribution is -0.131. The molecule has 1 aliphatic heterocycles. The molecule has 2 aliphatic rings. The molecule has 1 fully saturated rings. The highest BCUT2D eigenvalue weighted by atomic mass is 16.5. The average Bonchev–Trinajstić information content (AvgIpc) is 2.77. The Balaban J connectivity index is 2.09. The van der Waals surface area contributed by atoms with Crippen LogP contribution in [0, 0.1) is 5.92 Å². The molecular formula is C15H14O3. The number of fused-ring (bicyclic) bond motifs is 1. The van der Waals surface area contributed by atoms with Crippen molar-refractivity contribution in [3.05, 3.63) is 42.0 Å². The van der Waals surface area contributed by atoms with Crippen molar-refractivity contribution in [1.82, 2.24) is 0 Å². The Hall–Kier alpha value is -1.90. The Morgan fingerprint density at radius 1 is 1.22 bits per heavy atom. The molecular weight excluding hydrogens is 228 g/mol. The number of carbonyl (C=O) groups excluding carboxylic acids is 2. The van der Waals surface area contributed by atoms with Crippen LogP contribution in [-0.2, 0) is 9.59 Å². The maximum absolute atomic E-state index is 11.9. The highest BCUT2D eigenvalue weighted by Crippen LogP contribution is 2.45. The third kappa shape index (κ3) is 1.58. The van der Waals surface area contributed by atoms with Crippen molar-refractivity contribution >= 4 is 11.8 Å². The van der Waals surface area contributed by atoms with Gasteiger partial charge in [-0.25, -0.2) is 4.79 Å². The van der Waals surface area contributed by atoms with Gasteiger partial charge in [0.15, 0.2) is 0 Å². The molecule has 0 spiro atoms. The summed E-state index contributed by atoms with van der Waals surface area (Å²) in [4.78, 5) is 23.7. The van der Waals surface area contributed by atoms with E-state index >= 15 is 0 Å². The van der Waals surface area contributed by atoms with Crippen molar-refractivity contribution in [3.8, 4) is 5.75 Å². The van der Waals surface area contributed by atoms with Gasteiger partial charge in [0.25, 0.3) is 0 Å². The molecule has 0 N–H and O–H groups in total. The van der Waals surface area contributed by atoms with Gasteiger partial charge < -0.3 is 4.74 Å². The summed E-state index contributed by atoms with van der Waals surface area (Å²) in [6.07, 6.45) is 2.36. The van der Waals surface area contributed by atoms with Crippen LogP contribution < -0.4 is 4.74 Å². The van der Waals surface area contributed by atoms with Gasteiger partial charge in [0.2, 0.25) is 0 Å². The monoisotopic (exact) mass is 242 g/mol. The fraction of sp³-hybridized carbons (Fsp3) is 0.333. The SMILES string of the molecule is C=C1C(=O)Oc2ccccc2[C@H]1[C@@H]1CCCC1=O. The Kier molecular flexibility index (Phi) is 2.54. The van der Waals surface area contributed by atoms with Gasteiger partial charge in [-0.1, -0.05) is 24.8 Å². The summed E-state index contributed by atoms with van der Waals surface area (Å²) in [7, 11) is 0. The molecule has 3 nitrogen and oxygen atoms in total. The lowest BCUT2D eigenvalue weighted by Gasteiger charge is -2.29. The third-order valence-electron chi connectivity index (χ3n) is 3.85. The number of hydrogen-bond donors (Lipinski definition) is 0. The van der Waals surface area contributed by atoms with Crippen molar-refractivity contribution in [2.75, 3.05) is 0 Å². The standard InChI is InChI=1S/C15H14O3/c1-9-14(10-6-4-7-12(10)16)11-5-2-3-8-13(11)18-15(9)17/h2-3,5,8,10,14H,1,4,6-7H2/t10-,14-/m1/s1. The number of esters is 1. The van der Waals surface area contributed by atoms with Crippen molar-refractivity contribution in [3.63, 3.8) is 0 Å². The Morgan fingerprint density at radius 2 is 2.00 bits per heavy atom. The van der Waals surface area contributed by atoms with Crippen LogP contribution >= 0.6 is 0 Å². The van der Waals surface area contributed by atoms with Gasteiger partial charge in [-0.2, -0.15) is 0 Å². The van der Waals surface area contributed by atoms with E-state index in [9.17, 15) is 9.59 Å². The molecule has 3 heteroatoms. The zero-order valence-corrected chi connectivity index (χ0v) is 10.0. The Morgan fingerprint density at radius 3 is 2.72 bits per heavy atom. The maximum Gasteiger partial charge on any atom is 0.339 e. The maximum atomic E-state index is 11.9. The fourth-order valence-electron chi connectivity index (χ4n) is 2.97. The minimum absolute atomic E-state index is 0.105. The summed E-state index contributed by atoms with van der Waals surface area (Å²) in [6, 6.07) is 7.42. The van der Waals surface area contributed by atoms with E-state index in [1.54, 1.807) is 6.07 Å². The zero-order valence-electron chi connectivity index (χ0n) is 10.0. The van der Waals surface area contributed by atoms with E-state index in [2.05, 4.69) is 6.58 Å². The van der Waals surface area contributed by atoms with Crippen molar-refractivity contribution < 1.29 is 14.3 Å². The van der Waals surface area contributed by atoms with Crippen LogP contribution in [0.25, 0.3) is 0 Å². The van der Waals surface area contributed by atoms with Crippen molar-refractivity contribution in [2.24, 2.45) is 5.92 Å². The van der Waals surface area contributed by atoms with E-state index < -0.39 is 5.97 Å². The summed E-state index contributed by atoms with van der Waals surface area (Å²) in [5, 5.41) is 0. The lowest BCUT2D eigenvalue weighted by Crippen LogP contribution is -2.29. The van der Waals surface area contributed by atoms with Crippen molar-refractivity contribution in [1.29, 1.82) is 0 Å². The highest BCUT2D eigenvalue weighted by Gasteiger charge is 2.41. The second kappa shape index (κ2) is 4.09. The highest BCUT2D eigenvalue weighted by molar-refractivity contribution is 5.96.